The highest BCUT2D eigenvalue weighted by Crippen LogP contribution is 2.23. The minimum atomic E-state index is -0.131. The average Bonchev–Trinajstić information content (AvgIpc) is 2.68. The Hall–Kier alpha value is 0.304. The van der Waals surface area contributed by atoms with Crippen LogP contribution in [0, 0.1) is 13.8 Å². The smallest absolute Gasteiger partial charge is 0.0518 e. The zero-order valence-corrected chi connectivity index (χ0v) is 16.2. The largest absolute Gasteiger partial charge is 0.0631 e. The molecular weight excluding hydrogens is 285 g/mol. The second-order valence-corrected chi connectivity index (χ2v) is 24.4. The van der Waals surface area contributed by atoms with Crippen LogP contribution >= 0.6 is 0 Å². The Bertz CT molecular complexity index is 392. The van der Waals surface area contributed by atoms with E-state index in [0.29, 0.717) is 0 Å². The SMILES string of the molecule is Cc1cc(C(C)(C)C)cc(C)c1[Si]1[Si][Si][Si][Si]1. The van der Waals surface area contributed by atoms with Gasteiger partial charge in [-0.25, -0.2) is 0 Å². The lowest BCUT2D eigenvalue weighted by atomic mass is 9.85. The predicted octanol–water partition coefficient (Wildman–Crippen LogP) is 0.872. The lowest BCUT2D eigenvalue weighted by Gasteiger charge is -2.24. The number of hydrogen-bond acceptors (Lipinski definition) is 0. The molecule has 0 saturated carbocycles. The van der Waals surface area contributed by atoms with Crippen molar-refractivity contribution in [3.05, 3.63) is 28.8 Å². The van der Waals surface area contributed by atoms with Gasteiger partial charge in [-0.1, -0.05) is 49.2 Å². The summed E-state index contributed by atoms with van der Waals surface area (Å²) in [5.74, 6) is 0. The highest BCUT2D eigenvalue weighted by atomic mass is 30.1. The first-order valence-corrected chi connectivity index (χ1v) is 16.4. The summed E-state index contributed by atoms with van der Waals surface area (Å²) in [6.45, 7) is 11.6. The van der Waals surface area contributed by atoms with Gasteiger partial charge >= 0.3 is 0 Å². The topological polar surface area (TPSA) is 0 Å². The van der Waals surface area contributed by atoms with Crippen molar-refractivity contribution in [2.75, 3.05) is 0 Å². The molecule has 1 fully saturated rings. The normalized spacial score (nSPS) is 17.7. The fourth-order valence-electron chi connectivity index (χ4n) is 2.13. The van der Waals surface area contributed by atoms with Crippen LogP contribution < -0.4 is 5.19 Å². The van der Waals surface area contributed by atoms with Crippen molar-refractivity contribution in [3.8, 4) is 0 Å². The highest BCUT2D eigenvalue weighted by molar-refractivity contribution is 7.82. The molecule has 17 heavy (non-hydrogen) atoms. The molecule has 1 aromatic rings. The summed E-state index contributed by atoms with van der Waals surface area (Å²) in [4.78, 5) is 0. The first-order valence-electron chi connectivity index (χ1n) is 5.90. The standard InChI is InChI=1S/C12H17Si5/c1-8-6-10(12(3,4)5)7-9(2)11(8)17-15-13-14-16-17/h6-7H,1-5H3. The van der Waals surface area contributed by atoms with Crippen molar-refractivity contribution in [3.63, 3.8) is 0 Å². The number of benzene rings is 1. The third-order valence-corrected chi connectivity index (χ3v) is 34.1. The van der Waals surface area contributed by atoms with Gasteiger partial charge < -0.3 is 0 Å². The monoisotopic (exact) mass is 301 g/mol. The van der Waals surface area contributed by atoms with E-state index in [1.165, 1.54) is 39.8 Å². The van der Waals surface area contributed by atoms with Crippen molar-refractivity contribution in [2.24, 2.45) is 0 Å². The fourth-order valence-corrected chi connectivity index (χ4v) is 51.5. The molecule has 0 aromatic heterocycles. The Morgan fingerprint density at radius 3 is 1.82 bits per heavy atom. The summed E-state index contributed by atoms with van der Waals surface area (Å²) >= 11 is 0. The third kappa shape index (κ3) is 3.01. The van der Waals surface area contributed by atoms with Gasteiger partial charge in [0.25, 0.3) is 0 Å². The van der Waals surface area contributed by atoms with E-state index in [0.717, 1.165) is 0 Å². The summed E-state index contributed by atoms with van der Waals surface area (Å²) in [6, 6.07) is 4.92. The lowest BCUT2D eigenvalue weighted by Crippen LogP contribution is -2.42. The molecule has 0 nitrogen and oxygen atoms in total. The minimum Gasteiger partial charge on any atom is -0.0631 e. The van der Waals surface area contributed by atoms with Gasteiger partial charge in [0.05, 0.1) is 7.83 Å². The van der Waals surface area contributed by atoms with Crippen molar-refractivity contribution in [1.82, 2.24) is 0 Å². The minimum absolute atomic E-state index is 0.131. The molecule has 0 atom stereocenters. The Morgan fingerprint density at radius 2 is 1.41 bits per heavy atom. The van der Waals surface area contributed by atoms with Gasteiger partial charge in [0.15, 0.2) is 0 Å². The summed E-state index contributed by atoms with van der Waals surface area (Å²) in [7, 11) is 5.10. The van der Waals surface area contributed by atoms with Crippen molar-refractivity contribution < 1.29 is 0 Å². The predicted molar refractivity (Wildman–Crippen MR) is 83.0 cm³/mol. The molecule has 0 spiro atoms. The van der Waals surface area contributed by atoms with Gasteiger partial charge in [-0.15, -0.1) is 0 Å². The van der Waals surface area contributed by atoms with Crippen molar-refractivity contribution in [1.29, 1.82) is 0 Å². The lowest BCUT2D eigenvalue weighted by molar-refractivity contribution is 0.589. The van der Waals surface area contributed by atoms with E-state index in [9.17, 15) is 0 Å². The molecule has 1 aliphatic rings. The second kappa shape index (κ2) is 5.12. The maximum atomic E-state index is 2.46. The molecular formula is C12H17Si5. The van der Waals surface area contributed by atoms with Crippen LogP contribution in [0.25, 0.3) is 0 Å². The van der Waals surface area contributed by atoms with E-state index in [4.69, 9.17) is 0 Å². The van der Waals surface area contributed by atoms with E-state index in [1.54, 1.807) is 16.3 Å². The maximum Gasteiger partial charge on any atom is 0.0518 e. The van der Waals surface area contributed by atoms with E-state index < -0.39 is 0 Å². The van der Waals surface area contributed by atoms with E-state index >= 15 is 0 Å². The Morgan fingerprint density at radius 1 is 0.941 bits per heavy atom. The summed E-state index contributed by atoms with van der Waals surface area (Å²) in [6.07, 6.45) is 0. The fraction of sp³-hybridized carbons (Fsp3) is 0.500. The van der Waals surface area contributed by atoms with Crippen molar-refractivity contribution in [2.45, 2.75) is 40.0 Å². The van der Waals surface area contributed by atoms with Gasteiger partial charge in [-0.2, -0.15) is 0 Å². The molecule has 0 bridgehead atoms. The molecule has 1 heterocycles. The molecule has 0 unspecified atom stereocenters. The zero-order valence-electron chi connectivity index (χ0n) is 11.2. The summed E-state index contributed by atoms with van der Waals surface area (Å²) in [5.41, 5.74) is 4.96. The number of rotatable bonds is 1. The van der Waals surface area contributed by atoms with Crippen LogP contribution in [0.5, 0.6) is 0 Å². The maximum absolute atomic E-state index is 2.46. The van der Waals surface area contributed by atoms with Crippen LogP contribution in [0.4, 0.5) is 0 Å². The summed E-state index contributed by atoms with van der Waals surface area (Å²) < 4.78 is 0. The van der Waals surface area contributed by atoms with Crippen LogP contribution in [0.3, 0.4) is 0 Å². The molecule has 85 valence electrons. The van der Waals surface area contributed by atoms with Crippen LogP contribution in [-0.2, 0) is 5.41 Å². The van der Waals surface area contributed by atoms with Gasteiger partial charge in [-0.3, -0.25) is 0 Å². The molecule has 1 aromatic carbocycles. The quantitative estimate of drug-likeness (QED) is 0.675. The van der Waals surface area contributed by atoms with Crippen LogP contribution in [0.15, 0.2) is 12.1 Å². The molecule has 0 N–H and O–H groups in total. The van der Waals surface area contributed by atoms with E-state index in [2.05, 4.69) is 46.8 Å². The second-order valence-electron chi connectivity index (χ2n) is 5.61. The molecule has 9 radical (unpaired) electrons. The zero-order chi connectivity index (χ0) is 12.6. The van der Waals surface area contributed by atoms with Gasteiger partial charge in [0.1, 0.15) is 0 Å². The van der Waals surface area contributed by atoms with E-state index in [-0.39, 0.29) is 13.2 Å². The summed E-state index contributed by atoms with van der Waals surface area (Å²) in [5, 5.41) is 1.79. The molecule has 0 amide bonds. The number of hydrogen-bond donors (Lipinski definition) is 0. The molecule has 0 aliphatic carbocycles. The van der Waals surface area contributed by atoms with Crippen LogP contribution in [-0.4, -0.2) is 42.1 Å². The highest BCUT2D eigenvalue weighted by Gasteiger charge is 2.25. The van der Waals surface area contributed by atoms with E-state index in [1.807, 2.05) is 0 Å². The Balaban J connectivity index is 2.42. The third-order valence-electron chi connectivity index (χ3n) is 3.09. The van der Waals surface area contributed by atoms with Gasteiger partial charge in [0.2, 0.25) is 0 Å². The molecule has 5 heteroatoms. The van der Waals surface area contributed by atoms with Gasteiger partial charge in [0, 0.05) is 34.2 Å². The Kier molecular flexibility index (Phi) is 4.14. The van der Waals surface area contributed by atoms with Crippen LogP contribution in [0.2, 0.25) is 0 Å². The number of aryl methyl sites for hydroxylation is 2. The Labute approximate surface area is 116 Å². The first-order chi connectivity index (χ1) is 7.89. The molecule has 2 rings (SSSR count). The molecule has 1 saturated heterocycles. The van der Waals surface area contributed by atoms with Crippen molar-refractivity contribution >= 4 is 47.2 Å². The average molecular weight is 302 g/mol. The van der Waals surface area contributed by atoms with Crippen LogP contribution in [0.1, 0.15) is 37.5 Å². The van der Waals surface area contributed by atoms with Gasteiger partial charge in [-0.05, 0) is 24.8 Å². The molecule has 1 aliphatic heterocycles. The first kappa shape index (κ1) is 13.7.